The maximum atomic E-state index is 11.8. The van der Waals surface area contributed by atoms with Crippen LogP contribution in [0.2, 0.25) is 0 Å². The Morgan fingerprint density at radius 2 is 2.17 bits per heavy atom. The van der Waals surface area contributed by atoms with E-state index < -0.39 is 18.3 Å². The predicted octanol–water partition coefficient (Wildman–Crippen LogP) is 1.32. The van der Waals surface area contributed by atoms with Crippen LogP contribution in [0.5, 0.6) is 0 Å². The topological polar surface area (TPSA) is 21.3 Å². The van der Waals surface area contributed by atoms with E-state index in [1.807, 2.05) is 0 Å². The van der Waals surface area contributed by atoms with Crippen molar-refractivity contribution in [2.75, 3.05) is 19.8 Å². The first-order valence-electron chi connectivity index (χ1n) is 3.81. The van der Waals surface area contributed by atoms with Crippen LogP contribution in [-0.2, 0) is 4.74 Å². The molecule has 0 bridgehead atoms. The van der Waals surface area contributed by atoms with E-state index in [1.165, 1.54) is 0 Å². The molecule has 0 saturated carbocycles. The Balaban J connectivity index is 2.30. The normalized spacial score (nSPS) is 31.0. The predicted molar refractivity (Wildman–Crippen MR) is 37.9 cm³/mol. The van der Waals surface area contributed by atoms with Crippen molar-refractivity contribution >= 4 is 0 Å². The van der Waals surface area contributed by atoms with Gasteiger partial charge in [-0.2, -0.15) is 13.2 Å². The third-order valence-electron chi connectivity index (χ3n) is 1.93. The van der Waals surface area contributed by atoms with Crippen molar-refractivity contribution in [1.29, 1.82) is 0 Å². The molecule has 1 aliphatic heterocycles. The molecular formula is C7H12F3NO. The fourth-order valence-electron chi connectivity index (χ4n) is 1.12. The molecule has 0 aromatic carbocycles. The Morgan fingerprint density at radius 1 is 1.50 bits per heavy atom. The van der Waals surface area contributed by atoms with E-state index in [-0.39, 0.29) is 0 Å². The van der Waals surface area contributed by atoms with Crippen LogP contribution in [0.15, 0.2) is 0 Å². The van der Waals surface area contributed by atoms with Gasteiger partial charge in [0, 0.05) is 12.1 Å². The highest BCUT2D eigenvalue weighted by atomic mass is 19.4. The van der Waals surface area contributed by atoms with Crippen LogP contribution in [0.25, 0.3) is 0 Å². The maximum absolute atomic E-state index is 11.8. The molecule has 72 valence electrons. The van der Waals surface area contributed by atoms with Crippen molar-refractivity contribution in [3.05, 3.63) is 0 Å². The summed E-state index contributed by atoms with van der Waals surface area (Å²) < 4.78 is 40.3. The molecule has 5 heteroatoms. The molecule has 0 spiro atoms. The zero-order valence-corrected chi connectivity index (χ0v) is 6.87. The number of halogens is 3. The van der Waals surface area contributed by atoms with Crippen LogP contribution < -0.4 is 5.32 Å². The largest absolute Gasteiger partial charge is 0.401 e. The SMILES string of the molecule is CC1(NCC(F)(F)F)CCOC1. The second kappa shape index (κ2) is 3.22. The van der Waals surface area contributed by atoms with E-state index in [0.29, 0.717) is 19.6 Å². The summed E-state index contributed by atoms with van der Waals surface area (Å²) in [5.74, 6) is 0. The summed E-state index contributed by atoms with van der Waals surface area (Å²) in [6.45, 7) is 1.71. The molecule has 1 rings (SSSR count). The van der Waals surface area contributed by atoms with Gasteiger partial charge in [0.25, 0.3) is 0 Å². The van der Waals surface area contributed by atoms with Crippen molar-refractivity contribution in [1.82, 2.24) is 5.32 Å². The minimum Gasteiger partial charge on any atom is -0.379 e. The number of rotatable bonds is 2. The molecule has 0 amide bonds. The Morgan fingerprint density at radius 3 is 2.58 bits per heavy atom. The molecular weight excluding hydrogens is 171 g/mol. The molecule has 0 aromatic heterocycles. The van der Waals surface area contributed by atoms with Crippen molar-refractivity contribution in [3.63, 3.8) is 0 Å². The zero-order chi connectivity index (χ0) is 9.24. The third-order valence-corrected chi connectivity index (χ3v) is 1.93. The molecule has 0 aliphatic carbocycles. The Labute approximate surface area is 69.1 Å². The Hall–Kier alpha value is -0.290. The quantitative estimate of drug-likeness (QED) is 0.697. The molecule has 1 fully saturated rings. The highest BCUT2D eigenvalue weighted by Gasteiger charge is 2.35. The number of nitrogens with one attached hydrogen (secondary N) is 1. The molecule has 1 unspecified atom stereocenters. The fourth-order valence-corrected chi connectivity index (χ4v) is 1.12. The molecule has 1 atom stereocenters. The highest BCUT2D eigenvalue weighted by molar-refractivity contribution is 4.87. The number of hydrogen-bond acceptors (Lipinski definition) is 2. The first kappa shape index (κ1) is 9.80. The average Bonchev–Trinajstić information content (AvgIpc) is 2.32. The minimum atomic E-state index is -4.13. The summed E-state index contributed by atoms with van der Waals surface area (Å²) in [6.07, 6.45) is -3.49. The molecule has 2 nitrogen and oxygen atoms in total. The average molecular weight is 183 g/mol. The first-order valence-corrected chi connectivity index (χ1v) is 3.81. The van der Waals surface area contributed by atoms with E-state index in [9.17, 15) is 13.2 Å². The summed E-state index contributed by atoms with van der Waals surface area (Å²) in [7, 11) is 0. The van der Waals surface area contributed by atoms with Crippen LogP contribution in [-0.4, -0.2) is 31.5 Å². The standard InChI is InChI=1S/C7H12F3NO/c1-6(2-3-12-5-6)11-4-7(8,9)10/h11H,2-5H2,1H3. The highest BCUT2D eigenvalue weighted by Crippen LogP contribution is 2.20. The van der Waals surface area contributed by atoms with Gasteiger partial charge in [0.05, 0.1) is 13.2 Å². The van der Waals surface area contributed by atoms with Gasteiger partial charge in [-0.25, -0.2) is 0 Å². The van der Waals surface area contributed by atoms with Gasteiger partial charge < -0.3 is 10.1 Å². The lowest BCUT2D eigenvalue weighted by molar-refractivity contribution is -0.128. The van der Waals surface area contributed by atoms with Crippen LogP contribution in [0.4, 0.5) is 13.2 Å². The summed E-state index contributed by atoms with van der Waals surface area (Å²) in [4.78, 5) is 0. The van der Waals surface area contributed by atoms with Crippen LogP contribution in [0.3, 0.4) is 0 Å². The van der Waals surface area contributed by atoms with Crippen LogP contribution in [0, 0.1) is 0 Å². The summed E-state index contributed by atoms with van der Waals surface area (Å²) in [5.41, 5.74) is -0.491. The molecule has 1 saturated heterocycles. The second-order valence-electron chi connectivity index (χ2n) is 3.33. The lowest BCUT2D eigenvalue weighted by Crippen LogP contribution is -2.47. The first-order chi connectivity index (χ1) is 5.41. The second-order valence-corrected chi connectivity index (χ2v) is 3.33. The van der Waals surface area contributed by atoms with E-state index in [1.54, 1.807) is 6.92 Å². The summed E-state index contributed by atoms with van der Waals surface area (Å²) >= 11 is 0. The zero-order valence-electron chi connectivity index (χ0n) is 6.87. The number of alkyl halides is 3. The van der Waals surface area contributed by atoms with Gasteiger partial charge in [-0.05, 0) is 13.3 Å². The Bertz CT molecular complexity index is 151. The van der Waals surface area contributed by atoms with Gasteiger partial charge in [0.1, 0.15) is 0 Å². The number of ether oxygens (including phenoxy) is 1. The molecule has 12 heavy (non-hydrogen) atoms. The van der Waals surface area contributed by atoms with Gasteiger partial charge >= 0.3 is 6.18 Å². The Kier molecular flexibility index (Phi) is 2.63. The summed E-state index contributed by atoms with van der Waals surface area (Å²) in [5, 5.41) is 2.45. The maximum Gasteiger partial charge on any atom is 0.401 e. The van der Waals surface area contributed by atoms with Gasteiger partial charge in [0.15, 0.2) is 0 Å². The monoisotopic (exact) mass is 183 g/mol. The lowest BCUT2D eigenvalue weighted by Gasteiger charge is -2.24. The summed E-state index contributed by atoms with van der Waals surface area (Å²) in [6, 6.07) is 0. The van der Waals surface area contributed by atoms with Gasteiger partial charge in [-0.1, -0.05) is 0 Å². The third kappa shape index (κ3) is 2.98. The minimum absolute atomic E-state index is 0.364. The molecule has 1 heterocycles. The molecule has 0 radical (unpaired) electrons. The number of hydrogen-bond donors (Lipinski definition) is 1. The smallest absolute Gasteiger partial charge is 0.379 e. The van der Waals surface area contributed by atoms with E-state index >= 15 is 0 Å². The molecule has 1 N–H and O–H groups in total. The molecule has 0 aromatic rings. The van der Waals surface area contributed by atoms with E-state index in [2.05, 4.69) is 5.32 Å². The van der Waals surface area contributed by atoms with Gasteiger partial charge in [-0.3, -0.25) is 0 Å². The van der Waals surface area contributed by atoms with E-state index in [4.69, 9.17) is 4.74 Å². The van der Waals surface area contributed by atoms with Crippen molar-refractivity contribution < 1.29 is 17.9 Å². The van der Waals surface area contributed by atoms with Gasteiger partial charge in [0.2, 0.25) is 0 Å². The van der Waals surface area contributed by atoms with Crippen molar-refractivity contribution in [2.24, 2.45) is 0 Å². The van der Waals surface area contributed by atoms with Crippen molar-refractivity contribution in [2.45, 2.75) is 25.1 Å². The molecule has 1 aliphatic rings. The van der Waals surface area contributed by atoms with Crippen LogP contribution in [0.1, 0.15) is 13.3 Å². The van der Waals surface area contributed by atoms with Crippen LogP contribution >= 0.6 is 0 Å². The van der Waals surface area contributed by atoms with E-state index in [0.717, 1.165) is 0 Å². The van der Waals surface area contributed by atoms with Gasteiger partial charge in [-0.15, -0.1) is 0 Å². The lowest BCUT2D eigenvalue weighted by atomic mass is 10.0. The van der Waals surface area contributed by atoms with Crippen molar-refractivity contribution in [3.8, 4) is 0 Å². The fraction of sp³-hybridized carbons (Fsp3) is 1.00.